The summed E-state index contributed by atoms with van der Waals surface area (Å²) in [5.74, 6) is 0.339. The Morgan fingerprint density at radius 1 is 1.14 bits per heavy atom. The van der Waals surface area contributed by atoms with Gasteiger partial charge in [-0.2, -0.15) is 10.2 Å². The van der Waals surface area contributed by atoms with Gasteiger partial charge in [-0.05, 0) is 50.8 Å². The summed E-state index contributed by atoms with van der Waals surface area (Å²) in [5.41, 5.74) is 3.79. The molecule has 8 heteroatoms. The van der Waals surface area contributed by atoms with Gasteiger partial charge in [0.05, 0.1) is 17.0 Å². The standard InChI is InChI=1S/C21H24N6O2/c1-14-20(15(2)24-23-14)21(29)26-11-7-16(8-12-26)13-27-19(28)4-3-18(25-27)17-5-9-22-10-6-17/h3-6,9-10,16H,7-8,11-13H2,1-2H3,(H,23,24). The van der Waals surface area contributed by atoms with Crippen LogP contribution in [0.1, 0.15) is 34.6 Å². The number of aryl methyl sites for hydroxylation is 2. The van der Waals surface area contributed by atoms with Gasteiger partial charge in [-0.3, -0.25) is 19.7 Å². The number of likely N-dealkylation sites (tertiary alicyclic amines) is 1. The van der Waals surface area contributed by atoms with Gasteiger partial charge in [-0.15, -0.1) is 0 Å². The van der Waals surface area contributed by atoms with Crippen molar-refractivity contribution in [2.75, 3.05) is 13.1 Å². The molecule has 1 amide bonds. The van der Waals surface area contributed by atoms with Crippen LogP contribution in [0.4, 0.5) is 0 Å². The van der Waals surface area contributed by atoms with E-state index in [4.69, 9.17) is 0 Å². The molecular formula is C21H24N6O2. The molecule has 3 aromatic rings. The van der Waals surface area contributed by atoms with Gasteiger partial charge >= 0.3 is 0 Å². The van der Waals surface area contributed by atoms with Crippen molar-refractivity contribution in [2.24, 2.45) is 5.92 Å². The second-order valence-electron chi connectivity index (χ2n) is 7.52. The monoisotopic (exact) mass is 392 g/mol. The van der Waals surface area contributed by atoms with Crippen molar-refractivity contribution < 1.29 is 4.79 Å². The zero-order chi connectivity index (χ0) is 20.4. The Labute approximate surface area is 168 Å². The predicted molar refractivity (Wildman–Crippen MR) is 108 cm³/mol. The zero-order valence-corrected chi connectivity index (χ0v) is 16.6. The Bertz CT molecular complexity index is 1040. The van der Waals surface area contributed by atoms with Gasteiger partial charge in [0.25, 0.3) is 11.5 Å². The number of carbonyl (C=O) groups is 1. The van der Waals surface area contributed by atoms with Gasteiger partial charge in [0.1, 0.15) is 0 Å². The Morgan fingerprint density at radius 2 is 1.86 bits per heavy atom. The van der Waals surface area contributed by atoms with Crippen LogP contribution >= 0.6 is 0 Å². The molecule has 29 heavy (non-hydrogen) atoms. The first kappa shape index (κ1) is 19.0. The lowest BCUT2D eigenvalue weighted by Crippen LogP contribution is -2.40. The van der Waals surface area contributed by atoms with Gasteiger partial charge in [-0.25, -0.2) is 4.68 Å². The number of piperidine rings is 1. The number of pyridine rings is 1. The second kappa shape index (κ2) is 7.98. The van der Waals surface area contributed by atoms with E-state index in [9.17, 15) is 9.59 Å². The van der Waals surface area contributed by atoms with Crippen molar-refractivity contribution in [3.63, 3.8) is 0 Å². The first-order chi connectivity index (χ1) is 14.0. The summed E-state index contributed by atoms with van der Waals surface area (Å²) in [5, 5.41) is 11.5. The maximum atomic E-state index is 12.8. The third-order valence-electron chi connectivity index (χ3n) is 5.52. The van der Waals surface area contributed by atoms with Crippen molar-refractivity contribution in [3.8, 4) is 11.3 Å². The summed E-state index contributed by atoms with van der Waals surface area (Å²) in [6, 6.07) is 7.05. The maximum Gasteiger partial charge on any atom is 0.266 e. The summed E-state index contributed by atoms with van der Waals surface area (Å²) in [7, 11) is 0. The van der Waals surface area contributed by atoms with Crippen LogP contribution in [0.3, 0.4) is 0 Å². The van der Waals surface area contributed by atoms with Crippen LogP contribution < -0.4 is 5.56 Å². The van der Waals surface area contributed by atoms with Crippen molar-refractivity contribution >= 4 is 5.91 Å². The molecule has 1 N–H and O–H groups in total. The molecule has 0 aliphatic carbocycles. The molecule has 150 valence electrons. The number of aromatic nitrogens is 5. The largest absolute Gasteiger partial charge is 0.339 e. The Balaban J connectivity index is 1.42. The molecule has 3 aromatic heterocycles. The number of hydrogen-bond acceptors (Lipinski definition) is 5. The highest BCUT2D eigenvalue weighted by Gasteiger charge is 2.27. The van der Waals surface area contributed by atoms with Gasteiger partial charge in [-0.1, -0.05) is 0 Å². The van der Waals surface area contributed by atoms with Crippen LogP contribution in [0.25, 0.3) is 11.3 Å². The number of H-pyrrole nitrogens is 1. The highest BCUT2D eigenvalue weighted by Crippen LogP contribution is 2.22. The van der Waals surface area contributed by atoms with Gasteiger partial charge < -0.3 is 4.90 Å². The molecule has 1 fully saturated rings. The van der Waals surface area contributed by atoms with E-state index < -0.39 is 0 Å². The molecule has 1 aliphatic rings. The molecular weight excluding hydrogens is 368 g/mol. The van der Waals surface area contributed by atoms with E-state index in [2.05, 4.69) is 20.3 Å². The highest BCUT2D eigenvalue weighted by atomic mass is 16.2. The fraction of sp³-hybridized carbons (Fsp3) is 0.381. The molecule has 0 aromatic carbocycles. The lowest BCUT2D eigenvalue weighted by molar-refractivity contribution is 0.0679. The van der Waals surface area contributed by atoms with Crippen molar-refractivity contribution in [3.05, 3.63) is 64.0 Å². The summed E-state index contributed by atoms with van der Waals surface area (Å²) in [6.45, 7) is 5.62. The summed E-state index contributed by atoms with van der Waals surface area (Å²) in [6.07, 6.45) is 5.11. The van der Waals surface area contributed by atoms with Crippen molar-refractivity contribution in [1.29, 1.82) is 0 Å². The summed E-state index contributed by atoms with van der Waals surface area (Å²) < 4.78 is 1.54. The van der Waals surface area contributed by atoms with Crippen LogP contribution in [-0.2, 0) is 6.54 Å². The highest BCUT2D eigenvalue weighted by molar-refractivity contribution is 5.96. The fourth-order valence-electron chi connectivity index (χ4n) is 3.84. The smallest absolute Gasteiger partial charge is 0.266 e. The number of hydrogen-bond donors (Lipinski definition) is 1. The molecule has 0 bridgehead atoms. The topological polar surface area (TPSA) is 96.8 Å². The quantitative estimate of drug-likeness (QED) is 0.734. The fourth-order valence-corrected chi connectivity index (χ4v) is 3.84. The van der Waals surface area contributed by atoms with Crippen LogP contribution in [0, 0.1) is 19.8 Å². The maximum absolute atomic E-state index is 12.8. The lowest BCUT2D eigenvalue weighted by Gasteiger charge is -2.32. The van der Waals surface area contributed by atoms with E-state index in [1.165, 1.54) is 0 Å². The van der Waals surface area contributed by atoms with E-state index in [1.807, 2.05) is 30.9 Å². The number of nitrogens with one attached hydrogen (secondary N) is 1. The second-order valence-corrected chi connectivity index (χ2v) is 7.52. The van der Waals surface area contributed by atoms with E-state index in [0.717, 1.165) is 35.5 Å². The average Bonchev–Trinajstić information content (AvgIpc) is 3.08. The molecule has 8 nitrogen and oxygen atoms in total. The van der Waals surface area contributed by atoms with Gasteiger partial charge in [0, 0.05) is 49.4 Å². The number of rotatable bonds is 4. The van der Waals surface area contributed by atoms with Crippen LogP contribution in [0.2, 0.25) is 0 Å². The number of carbonyl (C=O) groups excluding carboxylic acids is 1. The first-order valence-electron chi connectivity index (χ1n) is 9.82. The molecule has 0 atom stereocenters. The first-order valence-corrected chi connectivity index (χ1v) is 9.82. The number of aromatic amines is 1. The summed E-state index contributed by atoms with van der Waals surface area (Å²) >= 11 is 0. The van der Waals surface area contributed by atoms with Crippen molar-refractivity contribution in [2.45, 2.75) is 33.2 Å². The third kappa shape index (κ3) is 3.96. The van der Waals surface area contributed by atoms with Crippen molar-refractivity contribution in [1.82, 2.24) is 29.9 Å². The minimum Gasteiger partial charge on any atom is -0.339 e. The summed E-state index contributed by atoms with van der Waals surface area (Å²) in [4.78, 5) is 31.0. The lowest BCUT2D eigenvalue weighted by atomic mass is 9.96. The van der Waals surface area contributed by atoms with E-state index >= 15 is 0 Å². The van der Waals surface area contributed by atoms with Crippen LogP contribution in [0.15, 0.2) is 41.5 Å². The SMILES string of the molecule is Cc1n[nH]c(C)c1C(=O)N1CCC(Cn2nc(-c3ccncc3)ccc2=O)CC1. The molecule has 0 unspecified atom stereocenters. The molecule has 0 spiro atoms. The minimum absolute atomic E-state index is 0.0298. The third-order valence-corrected chi connectivity index (χ3v) is 5.52. The Hall–Kier alpha value is -3.29. The Morgan fingerprint density at radius 3 is 2.52 bits per heavy atom. The van der Waals surface area contributed by atoms with Gasteiger partial charge in [0.15, 0.2) is 0 Å². The average molecular weight is 392 g/mol. The molecule has 4 heterocycles. The number of amides is 1. The normalized spacial score (nSPS) is 14.9. The molecule has 4 rings (SSSR count). The molecule has 1 saturated heterocycles. The molecule has 0 radical (unpaired) electrons. The van der Waals surface area contributed by atoms with E-state index in [-0.39, 0.29) is 11.5 Å². The van der Waals surface area contributed by atoms with E-state index in [1.54, 1.807) is 29.2 Å². The molecule has 1 aliphatic heterocycles. The Kier molecular flexibility index (Phi) is 5.24. The minimum atomic E-state index is -0.106. The van der Waals surface area contributed by atoms with Crippen LogP contribution in [0.5, 0.6) is 0 Å². The zero-order valence-electron chi connectivity index (χ0n) is 16.6. The van der Waals surface area contributed by atoms with Crippen LogP contribution in [-0.4, -0.2) is 48.9 Å². The van der Waals surface area contributed by atoms with Gasteiger partial charge in [0.2, 0.25) is 0 Å². The van der Waals surface area contributed by atoms with E-state index in [0.29, 0.717) is 31.1 Å². The predicted octanol–water partition coefficient (Wildman–Crippen LogP) is 2.20. The molecule has 0 saturated carbocycles. The number of nitrogens with zero attached hydrogens (tertiary/aromatic N) is 5.